The molecular formula is C17H27BrN2O2. The van der Waals surface area contributed by atoms with E-state index in [1.807, 2.05) is 27.7 Å². The number of nitrogens with one attached hydrogen (secondary N) is 1. The number of benzene rings is 1. The second kappa shape index (κ2) is 8.53. The molecule has 5 heteroatoms. The summed E-state index contributed by atoms with van der Waals surface area (Å²) in [6, 6.07) is 6.33. The summed E-state index contributed by atoms with van der Waals surface area (Å²) in [5.41, 5.74) is 2.00. The van der Waals surface area contributed by atoms with Gasteiger partial charge in [0.1, 0.15) is 5.60 Å². The SMILES string of the molecule is CCN(CCNCc1ccc(C)c(Br)c1)C(=O)OC(C)(C)C. The van der Waals surface area contributed by atoms with Gasteiger partial charge < -0.3 is 15.0 Å². The molecule has 0 heterocycles. The Balaban J connectivity index is 2.38. The third-order valence-electron chi connectivity index (χ3n) is 3.16. The van der Waals surface area contributed by atoms with Gasteiger partial charge in [-0.1, -0.05) is 28.1 Å². The van der Waals surface area contributed by atoms with Crippen LogP contribution in [0.1, 0.15) is 38.8 Å². The standard InChI is InChI=1S/C17H27BrN2O2/c1-6-20(16(21)22-17(3,4)5)10-9-19-12-14-8-7-13(2)15(18)11-14/h7-8,11,19H,6,9-10,12H2,1-5H3. The first kappa shape index (κ1) is 19.0. The van der Waals surface area contributed by atoms with Crippen LogP contribution in [0.25, 0.3) is 0 Å². The minimum absolute atomic E-state index is 0.255. The van der Waals surface area contributed by atoms with E-state index in [9.17, 15) is 4.79 Å². The molecule has 4 nitrogen and oxygen atoms in total. The molecule has 1 amide bonds. The summed E-state index contributed by atoms with van der Waals surface area (Å²) in [6.45, 7) is 12.5. The fraction of sp³-hybridized carbons (Fsp3) is 0.588. The molecule has 0 fully saturated rings. The van der Waals surface area contributed by atoms with E-state index in [0.29, 0.717) is 13.1 Å². The third kappa shape index (κ3) is 6.79. The summed E-state index contributed by atoms with van der Waals surface area (Å²) in [4.78, 5) is 13.7. The number of hydrogen-bond acceptors (Lipinski definition) is 3. The summed E-state index contributed by atoms with van der Waals surface area (Å²) < 4.78 is 6.51. The fourth-order valence-corrected chi connectivity index (χ4v) is 2.32. The molecule has 22 heavy (non-hydrogen) atoms. The van der Waals surface area contributed by atoms with E-state index >= 15 is 0 Å². The van der Waals surface area contributed by atoms with Gasteiger partial charge in [-0.15, -0.1) is 0 Å². The van der Waals surface area contributed by atoms with Crippen LogP contribution >= 0.6 is 15.9 Å². The van der Waals surface area contributed by atoms with Gasteiger partial charge in [0, 0.05) is 30.7 Å². The average molecular weight is 371 g/mol. The van der Waals surface area contributed by atoms with E-state index in [-0.39, 0.29) is 6.09 Å². The van der Waals surface area contributed by atoms with Gasteiger partial charge in [0.15, 0.2) is 0 Å². The zero-order chi connectivity index (χ0) is 16.8. The molecule has 0 radical (unpaired) electrons. The maximum atomic E-state index is 12.0. The smallest absolute Gasteiger partial charge is 0.410 e. The molecule has 0 aromatic heterocycles. The minimum Gasteiger partial charge on any atom is -0.444 e. The first-order valence-corrected chi connectivity index (χ1v) is 8.46. The van der Waals surface area contributed by atoms with E-state index in [1.165, 1.54) is 11.1 Å². The Morgan fingerprint density at radius 3 is 2.59 bits per heavy atom. The van der Waals surface area contributed by atoms with E-state index in [2.05, 4.69) is 46.4 Å². The largest absolute Gasteiger partial charge is 0.444 e. The van der Waals surface area contributed by atoms with Gasteiger partial charge in [0.05, 0.1) is 0 Å². The van der Waals surface area contributed by atoms with E-state index in [0.717, 1.165) is 17.6 Å². The Hall–Kier alpha value is -1.07. The van der Waals surface area contributed by atoms with Gasteiger partial charge in [0.25, 0.3) is 0 Å². The van der Waals surface area contributed by atoms with Gasteiger partial charge in [-0.3, -0.25) is 0 Å². The van der Waals surface area contributed by atoms with Crippen LogP contribution < -0.4 is 5.32 Å². The molecule has 1 aromatic rings. The lowest BCUT2D eigenvalue weighted by Gasteiger charge is -2.26. The molecule has 0 aliphatic rings. The predicted octanol–water partition coefficient (Wildman–Crippen LogP) is 4.10. The van der Waals surface area contributed by atoms with Crippen LogP contribution in [0.4, 0.5) is 4.79 Å². The quantitative estimate of drug-likeness (QED) is 0.766. The van der Waals surface area contributed by atoms with Crippen LogP contribution in [0.15, 0.2) is 22.7 Å². The molecular weight excluding hydrogens is 344 g/mol. The van der Waals surface area contributed by atoms with Crippen LogP contribution in [0.2, 0.25) is 0 Å². The van der Waals surface area contributed by atoms with Crippen LogP contribution in [-0.4, -0.2) is 36.2 Å². The van der Waals surface area contributed by atoms with Crippen molar-refractivity contribution >= 4 is 22.0 Å². The van der Waals surface area contributed by atoms with Gasteiger partial charge in [-0.25, -0.2) is 4.79 Å². The zero-order valence-electron chi connectivity index (χ0n) is 14.2. The Morgan fingerprint density at radius 2 is 2.05 bits per heavy atom. The highest BCUT2D eigenvalue weighted by molar-refractivity contribution is 9.10. The number of halogens is 1. The lowest BCUT2D eigenvalue weighted by molar-refractivity contribution is 0.0262. The van der Waals surface area contributed by atoms with Crippen LogP contribution in [0.3, 0.4) is 0 Å². The lowest BCUT2D eigenvalue weighted by atomic mass is 10.1. The van der Waals surface area contributed by atoms with Crippen molar-refractivity contribution in [2.24, 2.45) is 0 Å². The molecule has 0 saturated heterocycles. The lowest BCUT2D eigenvalue weighted by Crippen LogP contribution is -2.40. The van der Waals surface area contributed by atoms with Crippen molar-refractivity contribution in [2.45, 2.75) is 46.8 Å². The van der Waals surface area contributed by atoms with Crippen molar-refractivity contribution in [1.29, 1.82) is 0 Å². The van der Waals surface area contributed by atoms with Crippen LogP contribution in [-0.2, 0) is 11.3 Å². The molecule has 0 atom stereocenters. The zero-order valence-corrected chi connectivity index (χ0v) is 15.8. The van der Waals surface area contributed by atoms with Gasteiger partial charge >= 0.3 is 6.09 Å². The second-order valence-corrected chi connectivity index (χ2v) is 7.17. The Bertz CT molecular complexity index is 498. The molecule has 1 N–H and O–H groups in total. The second-order valence-electron chi connectivity index (χ2n) is 6.32. The van der Waals surface area contributed by atoms with Crippen LogP contribution in [0, 0.1) is 6.92 Å². The molecule has 0 unspecified atom stereocenters. The molecule has 0 bridgehead atoms. The normalized spacial score (nSPS) is 11.4. The average Bonchev–Trinajstić information content (AvgIpc) is 2.40. The number of rotatable bonds is 6. The topological polar surface area (TPSA) is 41.6 Å². The summed E-state index contributed by atoms with van der Waals surface area (Å²) in [6.07, 6.45) is -0.255. The number of hydrogen-bond donors (Lipinski definition) is 1. The summed E-state index contributed by atoms with van der Waals surface area (Å²) in [5.74, 6) is 0. The fourth-order valence-electron chi connectivity index (χ4n) is 1.90. The van der Waals surface area contributed by atoms with Crippen LogP contribution in [0.5, 0.6) is 0 Å². The number of likely N-dealkylation sites (N-methyl/N-ethyl adjacent to an activating group) is 1. The molecule has 0 aliphatic heterocycles. The molecule has 1 aromatic carbocycles. The number of amides is 1. The number of nitrogens with zero attached hydrogens (tertiary/aromatic N) is 1. The predicted molar refractivity (Wildman–Crippen MR) is 94.1 cm³/mol. The van der Waals surface area contributed by atoms with Crippen molar-refractivity contribution in [2.75, 3.05) is 19.6 Å². The van der Waals surface area contributed by atoms with Gasteiger partial charge in [-0.2, -0.15) is 0 Å². The monoisotopic (exact) mass is 370 g/mol. The molecule has 124 valence electrons. The van der Waals surface area contributed by atoms with Crippen molar-refractivity contribution in [3.63, 3.8) is 0 Å². The third-order valence-corrected chi connectivity index (χ3v) is 4.01. The van der Waals surface area contributed by atoms with Gasteiger partial charge in [-0.05, 0) is 51.8 Å². The van der Waals surface area contributed by atoms with Crippen molar-refractivity contribution in [1.82, 2.24) is 10.2 Å². The maximum absolute atomic E-state index is 12.0. The number of carbonyl (C=O) groups is 1. The Morgan fingerprint density at radius 1 is 1.36 bits per heavy atom. The molecule has 0 spiro atoms. The first-order chi connectivity index (χ1) is 10.2. The highest BCUT2D eigenvalue weighted by atomic mass is 79.9. The highest BCUT2D eigenvalue weighted by Gasteiger charge is 2.20. The van der Waals surface area contributed by atoms with E-state index in [4.69, 9.17) is 4.74 Å². The van der Waals surface area contributed by atoms with Crippen molar-refractivity contribution < 1.29 is 9.53 Å². The number of aryl methyl sites for hydroxylation is 1. The molecule has 0 aliphatic carbocycles. The number of ether oxygens (including phenoxy) is 1. The summed E-state index contributed by atoms with van der Waals surface area (Å²) in [5, 5.41) is 3.36. The number of carbonyl (C=O) groups excluding carboxylic acids is 1. The van der Waals surface area contributed by atoms with Crippen molar-refractivity contribution in [3.8, 4) is 0 Å². The summed E-state index contributed by atoms with van der Waals surface area (Å²) in [7, 11) is 0. The Kier molecular flexibility index (Phi) is 7.36. The maximum Gasteiger partial charge on any atom is 0.410 e. The first-order valence-electron chi connectivity index (χ1n) is 7.66. The Labute approximate surface area is 142 Å². The minimum atomic E-state index is -0.452. The van der Waals surface area contributed by atoms with Crippen molar-refractivity contribution in [3.05, 3.63) is 33.8 Å². The van der Waals surface area contributed by atoms with E-state index < -0.39 is 5.60 Å². The van der Waals surface area contributed by atoms with E-state index in [1.54, 1.807) is 4.90 Å². The molecule has 1 rings (SSSR count). The highest BCUT2D eigenvalue weighted by Crippen LogP contribution is 2.17. The van der Waals surface area contributed by atoms with Gasteiger partial charge in [0.2, 0.25) is 0 Å². The summed E-state index contributed by atoms with van der Waals surface area (Å²) >= 11 is 3.54. The molecule has 0 saturated carbocycles.